The molecule has 2 aromatic rings. The summed E-state index contributed by atoms with van der Waals surface area (Å²) in [5.41, 5.74) is 2.01. The van der Waals surface area contributed by atoms with E-state index >= 15 is 0 Å². The van der Waals surface area contributed by atoms with E-state index in [-0.39, 0.29) is 11.8 Å². The lowest BCUT2D eigenvalue weighted by atomic mass is 10.1. The molecule has 8 heteroatoms. The van der Waals surface area contributed by atoms with E-state index in [1.165, 1.54) is 0 Å². The van der Waals surface area contributed by atoms with Gasteiger partial charge in [0.05, 0.1) is 12.2 Å². The highest BCUT2D eigenvalue weighted by molar-refractivity contribution is 6.30. The molecule has 0 bridgehead atoms. The average Bonchev–Trinajstić information content (AvgIpc) is 3.03. The van der Waals surface area contributed by atoms with Gasteiger partial charge in [-0.3, -0.25) is 19.6 Å². The monoisotopic (exact) mass is 389 g/mol. The molecule has 0 radical (unpaired) electrons. The van der Waals surface area contributed by atoms with Crippen LogP contribution < -0.4 is 5.32 Å². The molecule has 1 aliphatic rings. The van der Waals surface area contributed by atoms with Crippen LogP contribution in [0.3, 0.4) is 0 Å². The second-order valence-electron chi connectivity index (χ2n) is 6.55. The summed E-state index contributed by atoms with van der Waals surface area (Å²) in [6, 6.07) is 9.13. The van der Waals surface area contributed by atoms with E-state index in [0.29, 0.717) is 49.1 Å². The summed E-state index contributed by atoms with van der Waals surface area (Å²) in [5, 5.41) is 10.5. The minimum atomic E-state index is -0.0735. The molecule has 2 N–H and O–H groups in total. The molecule has 0 aliphatic carbocycles. The van der Waals surface area contributed by atoms with Gasteiger partial charge in [-0.15, -0.1) is 0 Å². The zero-order valence-corrected chi connectivity index (χ0v) is 16.1. The lowest BCUT2D eigenvalue weighted by Crippen LogP contribution is -2.40. The van der Waals surface area contributed by atoms with Crippen molar-refractivity contribution in [1.29, 1.82) is 0 Å². The maximum Gasteiger partial charge on any atom is 0.271 e. The fourth-order valence-electron chi connectivity index (χ4n) is 3.19. The zero-order valence-electron chi connectivity index (χ0n) is 15.4. The number of rotatable bonds is 5. The van der Waals surface area contributed by atoms with Gasteiger partial charge in [-0.1, -0.05) is 23.7 Å². The Labute approximate surface area is 163 Å². The molecule has 0 spiro atoms. The Balaban J connectivity index is 1.62. The lowest BCUT2D eigenvalue weighted by Gasteiger charge is -2.21. The van der Waals surface area contributed by atoms with Gasteiger partial charge in [0.25, 0.3) is 5.91 Å². The molecule has 1 aliphatic heterocycles. The lowest BCUT2D eigenvalue weighted by molar-refractivity contribution is -0.122. The Kier molecular flexibility index (Phi) is 6.47. The Morgan fingerprint density at radius 2 is 2.07 bits per heavy atom. The van der Waals surface area contributed by atoms with E-state index in [0.717, 1.165) is 18.5 Å². The highest BCUT2D eigenvalue weighted by Crippen LogP contribution is 2.22. The third-order valence-corrected chi connectivity index (χ3v) is 4.78. The second kappa shape index (κ2) is 9.01. The maximum atomic E-state index is 12.8. The SMILES string of the molecule is CCNC(=O)CN1CCCN(C(=O)c2cc(-c3cccc(Cl)c3)n[nH]2)CC1. The number of nitrogens with one attached hydrogen (secondary N) is 2. The van der Waals surface area contributed by atoms with Gasteiger partial charge in [-0.2, -0.15) is 5.10 Å². The van der Waals surface area contributed by atoms with Crippen molar-refractivity contribution in [3.63, 3.8) is 0 Å². The highest BCUT2D eigenvalue weighted by Gasteiger charge is 2.23. The fraction of sp³-hybridized carbons (Fsp3) is 0.421. The second-order valence-corrected chi connectivity index (χ2v) is 6.99. The van der Waals surface area contributed by atoms with Crippen LogP contribution in [-0.2, 0) is 4.79 Å². The molecule has 1 fully saturated rings. The molecule has 7 nitrogen and oxygen atoms in total. The molecular formula is C19H24ClN5O2. The van der Waals surface area contributed by atoms with Crippen molar-refractivity contribution in [1.82, 2.24) is 25.3 Å². The topological polar surface area (TPSA) is 81.3 Å². The average molecular weight is 390 g/mol. The quantitative estimate of drug-likeness (QED) is 0.819. The molecule has 0 unspecified atom stereocenters. The first-order chi connectivity index (χ1) is 13.1. The number of nitrogens with zero attached hydrogens (tertiary/aromatic N) is 3. The van der Waals surface area contributed by atoms with Crippen LogP contribution in [0.4, 0.5) is 0 Å². The van der Waals surface area contributed by atoms with Crippen LogP contribution in [0.25, 0.3) is 11.3 Å². The van der Waals surface area contributed by atoms with Crippen LogP contribution in [0.15, 0.2) is 30.3 Å². The van der Waals surface area contributed by atoms with Gasteiger partial charge in [-0.05, 0) is 31.5 Å². The van der Waals surface area contributed by atoms with Crippen molar-refractivity contribution >= 4 is 23.4 Å². The van der Waals surface area contributed by atoms with Gasteiger partial charge in [0.2, 0.25) is 5.91 Å². The number of aromatic nitrogens is 2. The molecular weight excluding hydrogens is 366 g/mol. The Morgan fingerprint density at radius 1 is 1.22 bits per heavy atom. The Morgan fingerprint density at radius 3 is 2.85 bits per heavy atom. The molecule has 2 heterocycles. The molecule has 1 aromatic heterocycles. The number of hydrogen-bond acceptors (Lipinski definition) is 4. The molecule has 1 aromatic carbocycles. The number of carbonyl (C=O) groups is 2. The van der Waals surface area contributed by atoms with Crippen LogP contribution in [-0.4, -0.2) is 71.1 Å². The first-order valence-electron chi connectivity index (χ1n) is 9.16. The van der Waals surface area contributed by atoms with Crippen molar-refractivity contribution in [2.45, 2.75) is 13.3 Å². The largest absolute Gasteiger partial charge is 0.355 e. The van der Waals surface area contributed by atoms with Crippen molar-refractivity contribution in [2.75, 3.05) is 39.3 Å². The molecule has 0 saturated carbocycles. The van der Waals surface area contributed by atoms with Gasteiger partial charge in [0, 0.05) is 43.3 Å². The van der Waals surface area contributed by atoms with E-state index in [1.54, 1.807) is 12.1 Å². The molecule has 27 heavy (non-hydrogen) atoms. The minimum Gasteiger partial charge on any atom is -0.355 e. The first kappa shape index (κ1) is 19.4. The van der Waals surface area contributed by atoms with Gasteiger partial charge in [-0.25, -0.2) is 0 Å². The number of carbonyl (C=O) groups excluding carboxylic acids is 2. The van der Waals surface area contributed by atoms with Crippen molar-refractivity contribution in [3.8, 4) is 11.3 Å². The van der Waals surface area contributed by atoms with Gasteiger partial charge in [0.1, 0.15) is 5.69 Å². The van der Waals surface area contributed by atoms with Crippen molar-refractivity contribution in [3.05, 3.63) is 41.0 Å². The Bertz CT molecular complexity index is 807. The number of benzene rings is 1. The summed E-state index contributed by atoms with van der Waals surface area (Å²) in [6.45, 7) is 5.64. The maximum absolute atomic E-state index is 12.8. The predicted molar refractivity (Wildman–Crippen MR) is 105 cm³/mol. The van der Waals surface area contributed by atoms with Crippen LogP contribution >= 0.6 is 11.6 Å². The third-order valence-electron chi connectivity index (χ3n) is 4.55. The van der Waals surface area contributed by atoms with Crippen molar-refractivity contribution in [2.24, 2.45) is 0 Å². The first-order valence-corrected chi connectivity index (χ1v) is 9.54. The molecule has 3 rings (SSSR count). The van der Waals surface area contributed by atoms with Gasteiger partial charge in [0.15, 0.2) is 0 Å². The molecule has 0 atom stereocenters. The van der Waals surface area contributed by atoms with E-state index in [9.17, 15) is 9.59 Å². The number of aromatic amines is 1. The van der Waals surface area contributed by atoms with Crippen LogP contribution in [0, 0.1) is 0 Å². The predicted octanol–water partition coefficient (Wildman–Crippen LogP) is 2.01. The fourth-order valence-corrected chi connectivity index (χ4v) is 3.38. The summed E-state index contributed by atoms with van der Waals surface area (Å²) in [6.07, 6.45) is 0.834. The third kappa shape index (κ3) is 5.08. The summed E-state index contributed by atoms with van der Waals surface area (Å²) in [7, 11) is 0. The van der Waals surface area contributed by atoms with E-state index < -0.39 is 0 Å². The van der Waals surface area contributed by atoms with Crippen molar-refractivity contribution < 1.29 is 9.59 Å². The van der Waals surface area contributed by atoms with Gasteiger partial charge >= 0.3 is 0 Å². The number of H-pyrrole nitrogens is 1. The summed E-state index contributed by atoms with van der Waals surface area (Å²) < 4.78 is 0. The molecule has 1 saturated heterocycles. The standard InChI is InChI=1S/C19H24ClN5O2/c1-2-21-18(26)13-24-7-4-8-25(10-9-24)19(27)17-12-16(22-23-17)14-5-3-6-15(20)11-14/h3,5-6,11-12H,2,4,7-10,13H2,1H3,(H,21,26)(H,22,23). The Hall–Kier alpha value is -2.38. The van der Waals surface area contributed by atoms with Gasteiger partial charge < -0.3 is 10.2 Å². The minimum absolute atomic E-state index is 0.0250. The number of halogens is 1. The van der Waals surface area contributed by atoms with E-state index in [1.807, 2.05) is 30.0 Å². The summed E-state index contributed by atoms with van der Waals surface area (Å²) in [4.78, 5) is 28.5. The van der Waals surface area contributed by atoms with Crippen LogP contribution in [0.5, 0.6) is 0 Å². The summed E-state index contributed by atoms with van der Waals surface area (Å²) in [5.74, 6) is -0.0485. The number of likely N-dealkylation sites (N-methyl/N-ethyl adjacent to an activating group) is 1. The van der Waals surface area contributed by atoms with E-state index in [2.05, 4.69) is 20.4 Å². The highest BCUT2D eigenvalue weighted by atomic mass is 35.5. The van der Waals surface area contributed by atoms with E-state index in [4.69, 9.17) is 11.6 Å². The zero-order chi connectivity index (χ0) is 19.2. The van der Waals surface area contributed by atoms with Crippen LogP contribution in [0.2, 0.25) is 5.02 Å². The summed E-state index contributed by atoms with van der Waals surface area (Å²) >= 11 is 6.03. The number of amides is 2. The normalized spacial score (nSPS) is 15.4. The smallest absolute Gasteiger partial charge is 0.271 e. The molecule has 2 amide bonds. The van der Waals surface area contributed by atoms with Crippen LogP contribution in [0.1, 0.15) is 23.8 Å². The number of hydrogen-bond donors (Lipinski definition) is 2. The molecule has 144 valence electrons.